The third-order valence-electron chi connectivity index (χ3n) is 3.68. The summed E-state index contributed by atoms with van der Waals surface area (Å²) < 4.78 is 39.1. The Kier molecular flexibility index (Phi) is 3.91. The Bertz CT molecular complexity index is 534. The summed E-state index contributed by atoms with van der Waals surface area (Å²) in [7, 11) is 0. The van der Waals surface area contributed by atoms with Gasteiger partial charge in [0.15, 0.2) is 0 Å². The highest BCUT2D eigenvalue weighted by Crippen LogP contribution is 2.39. The Morgan fingerprint density at radius 2 is 2.15 bits per heavy atom. The third kappa shape index (κ3) is 2.88. The molecule has 1 fully saturated rings. The van der Waals surface area contributed by atoms with Gasteiger partial charge in [0.2, 0.25) is 0 Å². The molecular weight excluding hydrogens is 269 g/mol. The molecule has 0 unspecified atom stereocenters. The number of alkyl halides is 3. The van der Waals surface area contributed by atoms with Gasteiger partial charge in [0, 0.05) is 19.0 Å². The molecule has 1 saturated heterocycles. The monoisotopic (exact) mass is 284 g/mol. The van der Waals surface area contributed by atoms with Gasteiger partial charge in [-0.15, -0.1) is 0 Å². The van der Waals surface area contributed by atoms with E-state index < -0.39 is 17.8 Å². The Labute approximate surface area is 115 Å². The van der Waals surface area contributed by atoms with Crippen molar-refractivity contribution in [3.8, 4) is 6.07 Å². The number of nitriles is 1. The second kappa shape index (κ2) is 5.33. The number of halogens is 3. The van der Waals surface area contributed by atoms with Crippen LogP contribution in [-0.4, -0.2) is 24.3 Å². The lowest BCUT2D eigenvalue weighted by atomic mass is 10.0. The lowest BCUT2D eigenvalue weighted by Gasteiger charge is -2.24. The molecule has 0 saturated carbocycles. The second-order valence-electron chi connectivity index (χ2n) is 5.08. The molecule has 0 amide bonds. The minimum Gasteiger partial charge on any atom is -0.393 e. The Balaban J connectivity index is 2.37. The smallest absolute Gasteiger partial charge is 0.393 e. The minimum atomic E-state index is -4.45. The van der Waals surface area contributed by atoms with Crippen molar-refractivity contribution in [3.05, 3.63) is 29.3 Å². The normalized spacial score (nSPS) is 20.8. The number of aliphatic hydroxyl groups is 1. The predicted molar refractivity (Wildman–Crippen MR) is 68.2 cm³/mol. The Hall–Kier alpha value is -1.74. The number of anilines is 1. The maximum Gasteiger partial charge on any atom is 0.418 e. The van der Waals surface area contributed by atoms with Crippen molar-refractivity contribution >= 4 is 5.69 Å². The summed E-state index contributed by atoms with van der Waals surface area (Å²) in [5.74, 6) is -0.0400. The zero-order chi connectivity index (χ0) is 14.9. The Morgan fingerprint density at radius 1 is 1.45 bits per heavy atom. The van der Waals surface area contributed by atoms with Gasteiger partial charge in [-0.05, 0) is 31.5 Å². The lowest BCUT2D eigenvalue weighted by Crippen LogP contribution is -2.26. The highest BCUT2D eigenvalue weighted by Gasteiger charge is 2.37. The highest BCUT2D eigenvalue weighted by molar-refractivity contribution is 5.59. The number of hydrogen-bond acceptors (Lipinski definition) is 3. The molecule has 3 nitrogen and oxygen atoms in total. The van der Waals surface area contributed by atoms with Crippen LogP contribution in [0.5, 0.6) is 0 Å². The maximum atomic E-state index is 13.0. The molecule has 2 rings (SSSR count). The lowest BCUT2D eigenvalue weighted by molar-refractivity contribution is -0.137. The van der Waals surface area contributed by atoms with Crippen LogP contribution in [0.2, 0.25) is 0 Å². The van der Waals surface area contributed by atoms with Gasteiger partial charge >= 0.3 is 6.18 Å². The first kappa shape index (κ1) is 14.7. The predicted octanol–water partition coefficient (Wildman–Crippen LogP) is 2.78. The van der Waals surface area contributed by atoms with Crippen LogP contribution in [0.25, 0.3) is 0 Å². The fourth-order valence-electron chi connectivity index (χ4n) is 2.50. The minimum absolute atomic E-state index is 0.0275. The number of nitrogens with zero attached hydrogens (tertiary/aromatic N) is 2. The Morgan fingerprint density at radius 3 is 2.65 bits per heavy atom. The van der Waals surface area contributed by atoms with Crippen molar-refractivity contribution in [2.45, 2.75) is 25.6 Å². The fourth-order valence-corrected chi connectivity index (χ4v) is 2.50. The summed E-state index contributed by atoms with van der Waals surface area (Å²) in [6.45, 7) is 2.47. The maximum absolute atomic E-state index is 13.0. The van der Waals surface area contributed by atoms with Crippen molar-refractivity contribution in [3.63, 3.8) is 0 Å². The van der Waals surface area contributed by atoms with Gasteiger partial charge in [0.25, 0.3) is 0 Å². The van der Waals surface area contributed by atoms with E-state index in [2.05, 4.69) is 0 Å². The second-order valence-corrected chi connectivity index (χ2v) is 5.08. The van der Waals surface area contributed by atoms with Gasteiger partial charge in [0.05, 0.1) is 29.0 Å². The quantitative estimate of drug-likeness (QED) is 0.908. The van der Waals surface area contributed by atoms with Crippen molar-refractivity contribution < 1.29 is 18.3 Å². The fraction of sp³-hybridized carbons (Fsp3) is 0.500. The van der Waals surface area contributed by atoms with Crippen LogP contribution >= 0.6 is 0 Å². The largest absolute Gasteiger partial charge is 0.418 e. The van der Waals surface area contributed by atoms with Crippen molar-refractivity contribution in [2.24, 2.45) is 5.92 Å². The number of benzene rings is 1. The highest BCUT2D eigenvalue weighted by atomic mass is 19.4. The van der Waals surface area contributed by atoms with E-state index in [-0.39, 0.29) is 17.2 Å². The molecule has 1 aliphatic heterocycles. The van der Waals surface area contributed by atoms with Crippen molar-refractivity contribution in [1.82, 2.24) is 0 Å². The van der Waals surface area contributed by atoms with Crippen LogP contribution in [0.4, 0.5) is 18.9 Å². The molecule has 20 heavy (non-hydrogen) atoms. The van der Waals surface area contributed by atoms with Crippen LogP contribution in [-0.2, 0) is 6.18 Å². The average molecular weight is 284 g/mol. The van der Waals surface area contributed by atoms with Gasteiger partial charge < -0.3 is 10.0 Å². The van der Waals surface area contributed by atoms with Crippen LogP contribution in [0.15, 0.2) is 18.2 Å². The molecule has 108 valence electrons. The zero-order valence-corrected chi connectivity index (χ0v) is 11.0. The number of rotatable bonds is 2. The molecule has 1 aromatic rings. The van der Waals surface area contributed by atoms with E-state index in [9.17, 15) is 18.3 Å². The average Bonchev–Trinajstić information content (AvgIpc) is 2.86. The van der Waals surface area contributed by atoms with E-state index in [1.54, 1.807) is 11.8 Å². The van der Waals surface area contributed by atoms with E-state index in [0.717, 1.165) is 6.07 Å². The topological polar surface area (TPSA) is 47.3 Å². The first-order valence-electron chi connectivity index (χ1n) is 6.37. The summed E-state index contributed by atoms with van der Waals surface area (Å²) >= 11 is 0. The first-order valence-corrected chi connectivity index (χ1v) is 6.37. The molecule has 0 bridgehead atoms. The molecule has 0 aromatic heterocycles. The standard InChI is InChI=1S/C14H15F3N2O/c1-9(20)11-4-5-19(8-11)13-6-10(7-18)2-3-12(13)14(15,16)17/h2-3,6,9,11,20H,4-5,8H2,1H3/t9-,11+/m1/s1. The number of aliphatic hydroxyl groups excluding tert-OH is 1. The SMILES string of the molecule is C[C@@H](O)[C@H]1CCN(c2cc(C#N)ccc2C(F)(F)F)C1. The third-order valence-corrected chi connectivity index (χ3v) is 3.68. The van der Waals surface area contributed by atoms with Crippen molar-refractivity contribution in [1.29, 1.82) is 5.26 Å². The zero-order valence-electron chi connectivity index (χ0n) is 11.0. The molecule has 0 radical (unpaired) electrons. The van der Waals surface area contributed by atoms with Crippen molar-refractivity contribution in [2.75, 3.05) is 18.0 Å². The van der Waals surface area contributed by atoms with Gasteiger partial charge in [-0.3, -0.25) is 0 Å². The van der Waals surface area contributed by atoms with E-state index in [1.807, 2.05) is 6.07 Å². The molecule has 1 N–H and O–H groups in total. The van der Waals surface area contributed by atoms with Crippen LogP contribution in [0.1, 0.15) is 24.5 Å². The molecule has 1 heterocycles. The summed E-state index contributed by atoms with van der Waals surface area (Å²) in [5, 5.41) is 18.4. The molecule has 1 aromatic carbocycles. The van der Waals surface area contributed by atoms with E-state index >= 15 is 0 Å². The van der Waals surface area contributed by atoms with Gasteiger partial charge in [-0.25, -0.2) is 0 Å². The summed E-state index contributed by atoms with van der Waals surface area (Å²) in [5.41, 5.74) is -0.504. The van der Waals surface area contributed by atoms with Gasteiger partial charge in [-0.1, -0.05) is 0 Å². The summed E-state index contributed by atoms with van der Waals surface area (Å²) in [4.78, 5) is 1.60. The molecule has 2 atom stereocenters. The first-order chi connectivity index (χ1) is 9.32. The van der Waals surface area contributed by atoms with Crippen LogP contribution in [0.3, 0.4) is 0 Å². The van der Waals surface area contributed by atoms with E-state index in [4.69, 9.17) is 5.26 Å². The van der Waals surface area contributed by atoms with Crippen LogP contribution < -0.4 is 4.90 Å². The number of hydrogen-bond donors (Lipinski definition) is 1. The molecule has 1 aliphatic rings. The van der Waals surface area contributed by atoms with E-state index in [1.165, 1.54) is 12.1 Å². The van der Waals surface area contributed by atoms with Crippen LogP contribution in [0, 0.1) is 17.2 Å². The summed E-state index contributed by atoms with van der Waals surface area (Å²) in [6, 6.07) is 5.25. The molecule has 0 aliphatic carbocycles. The van der Waals surface area contributed by atoms with Gasteiger partial charge in [-0.2, -0.15) is 18.4 Å². The molecule has 0 spiro atoms. The molecular formula is C14H15F3N2O. The summed E-state index contributed by atoms with van der Waals surface area (Å²) in [6.07, 6.45) is -4.36. The van der Waals surface area contributed by atoms with Gasteiger partial charge in [0.1, 0.15) is 0 Å². The van der Waals surface area contributed by atoms with E-state index in [0.29, 0.717) is 19.5 Å². The molecule has 6 heteroatoms.